The van der Waals surface area contributed by atoms with Crippen LogP contribution in [0.15, 0.2) is 64.1 Å². The summed E-state index contributed by atoms with van der Waals surface area (Å²) in [6.45, 7) is 2.02. The fourth-order valence-corrected chi connectivity index (χ4v) is 2.08. The van der Waals surface area contributed by atoms with E-state index in [9.17, 15) is 0 Å². The molecule has 3 heteroatoms. The third-order valence-electron chi connectivity index (χ3n) is 3.02. The zero-order valence-electron chi connectivity index (χ0n) is 10.5. The highest BCUT2D eigenvalue weighted by molar-refractivity contribution is 7.80. The first-order chi connectivity index (χ1) is 9.24. The lowest BCUT2D eigenvalue weighted by atomic mass is 10.1. The van der Waals surface area contributed by atoms with Gasteiger partial charge in [-0.25, -0.2) is 4.98 Å². The van der Waals surface area contributed by atoms with E-state index in [1.807, 2.05) is 55.5 Å². The Hall–Kier alpha value is -2.00. The van der Waals surface area contributed by atoms with Gasteiger partial charge >= 0.3 is 0 Å². The van der Waals surface area contributed by atoms with Gasteiger partial charge < -0.3 is 4.42 Å². The number of thiol groups is 1. The van der Waals surface area contributed by atoms with Gasteiger partial charge in [0, 0.05) is 16.0 Å². The summed E-state index contributed by atoms with van der Waals surface area (Å²) < 4.78 is 5.56. The van der Waals surface area contributed by atoms with Crippen LogP contribution in [0.25, 0.3) is 22.7 Å². The highest BCUT2D eigenvalue weighted by Gasteiger charge is 2.08. The van der Waals surface area contributed by atoms with Gasteiger partial charge in [-0.15, -0.1) is 12.6 Å². The Morgan fingerprint density at radius 1 is 1.00 bits per heavy atom. The van der Waals surface area contributed by atoms with Gasteiger partial charge in [0.25, 0.3) is 0 Å². The van der Waals surface area contributed by atoms with Crippen LogP contribution < -0.4 is 0 Å². The molecule has 0 fully saturated rings. The van der Waals surface area contributed by atoms with Crippen molar-refractivity contribution >= 4 is 12.6 Å². The van der Waals surface area contributed by atoms with Gasteiger partial charge in [0.1, 0.15) is 12.0 Å². The van der Waals surface area contributed by atoms with Crippen molar-refractivity contribution in [1.82, 2.24) is 4.98 Å². The second-order valence-electron chi connectivity index (χ2n) is 4.41. The van der Waals surface area contributed by atoms with Crippen LogP contribution in [0.4, 0.5) is 0 Å². The van der Waals surface area contributed by atoms with E-state index in [1.165, 1.54) is 0 Å². The summed E-state index contributed by atoms with van der Waals surface area (Å²) in [5.74, 6) is 0.635. The summed E-state index contributed by atoms with van der Waals surface area (Å²) in [7, 11) is 0. The van der Waals surface area contributed by atoms with Crippen molar-refractivity contribution in [2.24, 2.45) is 0 Å². The van der Waals surface area contributed by atoms with Crippen molar-refractivity contribution in [3.8, 4) is 22.7 Å². The van der Waals surface area contributed by atoms with Gasteiger partial charge in [0.2, 0.25) is 5.89 Å². The van der Waals surface area contributed by atoms with Gasteiger partial charge in [-0.2, -0.15) is 0 Å². The second kappa shape index (κ2) is 4.94. The average molecular weight is 267 g/mol. The zero-order valence-corrected chi connectivity index (χ0v) is 11.4. The number of hydrogen-bond donors (Lipinski definition) is 1. The van der Waals surface area contributed by atoms with E-state index < -0.39 is 0 Å². The van der Waals surface area contributed by atoms with Crippen molar-refractivity contribution in [2.75, 3.05) is 0 Å². The molecule has 2 nitrogen and oxygen atoms in total. The van der Waals surface area contributed by atoms with Gasteiger partial charge in [-0.1, -0.05) is 30.3 Å². The van der Waals surface area contributed by atoms with E-state index in [-0.39, 0.29) is 0 Å². The Morgan fingerprint density at radius 2 is 1.79 bits per heavy atom. The third kappa shape index (κ3) is 2.42. The van der Waals surface area contributed by atoms with Gasteiger partial charge in [0.15, 0.2) is 0 Å². The number of hydrogen-bond acceptors (Lipinski definition) is 3. The van der Waals surface area contributed by atoms with Gasteiger partial charge in [-0.05, 0) is 30.7 Å². The van der Waals surface area contributed by atoms with Crippen molar-refractivity contribution in [1.29, 1.82) is 0 Å². The van der Waals surface area contributed by atoms with Crippen LogP contribution >= 0.6 is 12.6 Å². The molecule has 2 aromatic carbocycles. The molecule has 0 atom stereocenters. The fraction of sp³-hybridized carbons (Fsp3) is 0.0625. The van der Waals surface area contributed by atoms with Gasteiger partial charge in [0.05, 0.1) is 0 Å². The molecule has 0 amide bonds. The Bertz CT molecular complexity index is 704. The van der Waals surface area contributed by atoms with Crippen LogP contribution in [0.3, 0.4) is 0 Å². The van der Waals surface area contributed by atoms with E-state index >= 15 is 0 Å². The van der Waals surface area contributed by atoms with Crippen LogP contribution in [0.1, 0.15) is 5.56 Å². The van der Waals surface area contributed by atoms with Crippen LogP contribution in [-0.4, -0.2) is 4.98 Å². The highest BCUT2D eigenvalue weighted by Crippen LogP contribution is 2.26. The molecule has 0 radical (unpaired) electrons. The summed E-state index contributed by atoms with van der Waals surface area (Å²) in [6.07, 6.45) is 1.69. The van der Waals surface area contributed by atoms with Crippen LogP contribution in [0, 0.1) is 6.92 Å². The maximum absolute atomic E-state index is 5.56. The molecule has 0 spiro atoms. The molecular formula is C16H13NOS. The molecule has 3 rings (SSSR count). The molecule has 0 saturated carbocycles. The van der Waals surface area contributed by atoms with Crippen molar-refractivity contribution in [2.45, 2.75) is 11.8 Å². The SMILES string of the molecule is Cc1cc(-c2nc(-c3ccccc3)co2)ccc1S. The maximum Gasteiger partial charge on any atom is 0.226 e. The predicted molar refractivity (Wildman–Crippen MR) is 79.4 cm³/mol. The molecule has 3 aromatic rings. The number of benzene rings is 2. The van der Waals surface area contributed by atoms with Crippen molar-refractivity contribution in [3.63, 3.8) is 0 Å². The molecule has 0 aliphatic carbocycles. The standard InChI is InChI=1S/C16H13NOS/c1-11-9-13(7-8-15(11)19)16-17-14(10-18-16)12-5-3-2-4-6-12/h2-10,19H,1H3. The Kier molecular flexibility index (Phi) is 3.13. The highest BCUT2D eigenvalue weighted by atomic mass is 32.1. The first-order valence-electron chi connectivity index (χ1n) is 6.05. The molecule has 1 heterocycles. The molecule has 0 N–H and O–H groups in total. The van der Waals surface area contributed by atoms with E-state index in [0.717, 1.165) is 27.3 Å². The lowest BCUT2D eigenvalue weighted by Crippen LogP contribution is -1.82. The van der Waals surface area contributed by atoms with E-state index in [4.69, 9.17) is 4.42 Å². The third-order valence-corrected chi connectivity index (χ3v) is 3.52. The Balaban J connectivity index is 1.99. The van der Waals surface area contributed by atoms with Gasteiger partial charge in [-0.3, -0.25) is 0 Å². The van der Waals surface area contributed by atoms with Crippen LogP contribution in [0.2, 0.25) is 0 Å². The Morgan fingerprint density at radius 3 is 2.53 bits per heavy atom. The monoisotopic (exact) mass is 267 g/mol. The summed E-state index contributed by atoms with van der Waals surface area (Å²) in [5.41, 5.74) is 3.99. The number of aryl methyl sites for hydroxylation is 1. The Labute approximate surface area is 117 Å². The largest absolute Gasteiger partial charge is 0.444 e. The molecule has 0 unspecified atom stereocenters. The number of nitrogens with zero attached hydrogens (tertiary/aromatic N) is 1. The predicted octanol–water partition coefficient (Wildman–Crippen LogP) is 4.61. The number of aromatic nitrogens is 1. The maximum atomic E-state index is 5.56. The summed E-state index contributed by atoms with van der Waals surface area (Å²) >= 11 is 4.37. The smallest absolute Gasteiger partial charge is 0.226 e. The molecule has 0 saturated heterocycles. The minimum atomic E-state index is 0.635. The molecule has 94 valence electrons. The molecular weight excluding hydrogens is 254 g/mol. The zero-order chi connectivity index (χ0) is 13.2. The molecule has 0 aliphatic rings. The summed E-state index contributed by atoms with van der Waals surface area (Å²) in [4.78, 5) is 5.50. The summed E-state index contributed by atoms with van der Waals surface area (Å²) in [6, 6.07) is 16.0. The molecule has 0 bridgehead atoms. The molecule has 0 aliphatic heterocycles. The first kappa shape index (κ1) is 12.1. The topological polar surface area (TPSA) is 26.0 Å². The van der Waals surface area contributed by atoms with E-state index in [2.05, 4.69) is 17.6 Å². The van der Waals surface area contributed by atoms with Crippen molar-refractivity contribution < 1.29 is 4.42 Å². The quantitative estimate of drug-likeness (QED) is 0.686. The second-order valence-corrected chi connectivity index (χ2v) is 4.89. The number of rotatable bonds is 2. The van der Waals surface area contributed by atoms with E-state index in [1.54, 1.807) is 6.26 Å². The molecule has 19 heavy (non-hydrogen) atoms. The van der Waals surface area contributed by atoms with Crippen LogP contribution in [0.5, 0.6) is 0 Å². The molecule has 1 aromatic heterocycles. The summed E-state index contributed by atoms with van der Waals surface area (Å²) in [5, 5.41) is 0. The average Bonchev–Trinajstić information content (AvgIpc) is 2.93. The lowest BCUT2D eigenvalue weighted by Gasteiger charge is -2.00. The van der Waals surface area contributed by atoms with E-state index in [0.29, 0.717) is 5.89 Å². The minimum Gasteiger partial charge on any atom is -0.444 e. The normalized spacial score (nSPS) is 10.6. The number of oxazole rings is 1. The lowest BCUT2D eigenvalue weighted by molar-refractivity contribution is 0.575. The van der Waals surface area contributed by atoms with Crippen molar-refractivity contribution in [3.05, 3.63) is 60.4 Å². The van der Waals surface area contributed by atoms with Crippen LogP contribution in [-0.2, 0) is 0 Å². The fourth-order valence-electron chi connectivity index (χ4n) is 1.94. The first-order valence-corrected chi connectivity index (χ1v) is 6.50. The minimum absolute atomic E-state index is 0.635.